The molecule has 0 spiro atoms. The van der Waals surface area contributed by atoms with Crippen LogP contribution < -0.4 is 11.1 Å². The highest BCUT2D eigenvalue weighted by Gasteiger charge is 2.13. The van der Waals surface area contributed by atoms with Crippen molar-refractivity contribution in [2.45, 2.75) is 19.9 Å². The monoisotopic (exact) mass is 289 g/mol. The number of hydrogen-bond donors (Lipinski definition) is 2. The molecule has 21 heavy (non-hydrogen) atoms. The highest BCUT2D eigenvalue weighted by Crippen LogP contribution is 2.23. The Labute approximate surface area is 123 Å². The van der Waals surface area contributed by atoms with Gasteiger partial charge in [-0.25, -0.2) is 4.79 Å². The number of ether oxygens (including phenoxy) is 1. The first-order chi connectivity index (χ1) is 10.1. The van der Waals surface area contributed by atoms with Crippen LogP contribution in [-0.4, -0.2) is 34.6 Å². The average molecular weight is 289 g/mol. The first kappa shape index (κ1) is 14.8. The van der Waals surface area contributed by atoms with Gasteiger partial charge in [0.25, 0.3) is 0 Å². The van der Waals surface area contributed by atoms with Gasteiger partial charge in [-0.3, -0.25) is 4.68 Å². The molecule has 1 aromatic carbocycles. The van der Waals surface area contributed by atoms with Crippen LogP contribution >= 0.6 is 0 Å². The fourth-order valence-electron chi connectivity index (χ4n) is 2.01. The van der Waals surface area contributed by atoms with Crippen molar-refractivity contribution in [3.8, 4) is 0 Å². The molecule has 0 saturated heterocycles. The zero-order valence-corrected chi connectivity index (χ0v) is 12.2. The van der Waals surface area contributed by atoms with E-state index < -0.39 is 5.97 Å². The number of carbonyl (C=O) groups excluding carboxylic acids is 1. The van der Waals surface area contributed by atoms with E-state index >= 15 is 0 Å². The van der Waals surface area contributed by atoms with E-state index in [2.05, 4.69) is 15.6 Å². The molecule has 1 aromatic heterocycles. The summed E-state index contributed by atoms with van der Waals surface area (Å²) in [5, 5.41) is 10.9. The van der Waals surface area contributed by atoms with Crippen molar-refractivity contribution in [2.75, 3.05) is 24.7 Å². The normalized spacial score (nSPS) is 10.4. The summed E-state index contributed by atoms with van der Waals surface area (Å²) in [5.74, 6) is -0.429. The largest absolute Gasteiger partial charge is 0.465 e. The first-order valence-electron chi connectivity index (χ1n) is 6.68. The lowest BCUT2D eigenvalue weighted by Crippen LogP contribution is -2.11. The summed E-state index contributed by atoms with van der Waals surface area (Å²) in [7, 11) is 1.34. The van der Waals surface area contributed by atoms with E-state index in [0.717, 1.165) is 30.8 Å². The molecular weight excluding hydrogens is 270 g/mol. The van der Waals surface area contributed by atoms with E-state index in [9.17, 15) is 4.79 Å². The highest BCUT2D eigenvalue weighted by molar-refractivity contribution is 5.97. The number of hydrogen-bond acceptors (Lipinski definition) is 6. The number of rotatable bonds is 6. The molecule has 0 amide bonds. The van der Waals surface area contributed by atoms with Crippen molar-refractivity contribution in [1.29, 1.82) is 0 Å². The van der Waals surface area contributed by atoms with Gasteiger partial charge < -0.3 is 15.8 Å². The summed E-state index contributed by atoms with van der Waals surface area (Å²) in [4.78, 5) is 11.7. The van der Waals surface area contributed by atoms with Gasteiger partial charge in [0.15, 0.2) is 0 Å². The zero-order chi connectivity index (χ0) is 15.2. The fourth-order valence-corrected chi connectivity index (χ4v) is 2.01. The second-order valence-corrected chi connectivity index (χ2v) is 4.69. The Hall–Kier alpha value is -2.57. The molecular formula is C14H19N5O2. The number of carbonyl (C=O) groups is 1. The van der Waals surface area contributed by atoms with Gasteiger partial charge in [0.05, 0.1) is 18.9 Å². The standard InChI is InChI=1S/C14H19N5O2/c1-10-8-11(9-12(13(10)15)14(20)21-2)16-4-3-6-19-7-5-17-18-19/h5,7-9,16H,3-4,6,15H2,1-2H3. The minimum atomic E-state index is -0.429. The molecule has 0 aliphatic carbocycles. The zero-order valence-electron chi connectivity index (χ0n) is 12.2. The number of aromatic nitrogens is 3. The second-order valence-electron chi connectivity index (χ2n) is 4.69. The Morgan fingerprint density at radius 3 is 2.95 bits per heavy atom. The van der Waals surface area contributed by atoms with Crippen molar-refractivity contribution in [3.05, 3.63) is 35.7 Å². The number of methoxy groups -OCH3 is 1. The molecule has 0 radical (unpaired) electrons. The smallest absolute Gasteiger partial charge is 0.340 e. The van der Waals surface area contributed by atoms with Crippen molar-refractivity contribution >= 4 is 17.3 Å². The Kier molecular flexibility index (Phi) is 4.76. The van der Waals surface area contributed by atoms with Crippen LogP contribution in [0.2, 0.25) is 0 Å². The van der Waals surface area contributed by atoms with Gasteiger partial charge in [0.1, 0.15) is 0 Å². The van der Waals surface area contributed by atoms with E-state index in [1.54, 1.807) is 16.9 Å². The van der Waals surface area contributed by atoms with Crippen molar-refractivity contribution in [2.24, 2.45) is 0 Å². The van der Waals surface area contributed by atoms with E-state index in [1.807, 2.05) is 19.2 Å². The molecule has 0 unspecified atom stereocenters. The number of anilines is 2. The van der Waals surface area contributed by atoms with Crippen LogP contribution in [0.3, 0.4) is 0 Å². The Morgan fingerprint density at radius 2 is 2.29 bits per heavy atom. The van der Waals surface area contributed by atoms with Crippen LogP contribution in [0.15, 0.2) is 24.5 Å². The molecule has 2 aromatic rings. The molecule has 1 heterocycles. The van der Waals surface area contributed by atoms with Gasteiger partial charge in [-0.15, -0.1) is 5.10 Å². The van der Waals surface area contributed by atoms with Gasteiger partial charge in [0.2, 0.25) is 0 Å². The summed E-state index contributed by atoms with van der Waals surface area (Å²) in [5.41, 5.74) is 8.43. The van der Waals surface area contributed by atoms with Crippen LogP contribution in [0.1, 0.15) is 22.3 Å². The van der Waals surface area contributed by atoms with Crippen LogP contribution in [0.4, 0.5) is 11.4 Å². The molecule has 3 N–H and O–H groups in total. The maximum Gasteiger partial charge on any atom is 0.340 e. The predicted octanol–water partition coefficient (Wildman–Crippen LogP) is 1.46. The quantitative estimate of drug-likeness (QED) is 0.475. The third-order valence-electron chi connectivity index (χ3n) is 3.16. The highest BCUT2D eigenvalue weighted by atomic mass is 16.5. The Balaban J connectivity index is 1.96. The lowest BCUT2D eigenvalue weighted by atomic mass is 10.1. The van der Waals surface area contributed by atoms with Gasteiger partial charge in [0, 0.05) is 30.7 Å². The average Bonchev–Trinajstić information content (AvgIpc) is 2.99. The molecule has 0 atom stereocenters. The fraction of sp³-hybridized carbons (Fsp3) is 0.357. The Morgan fingerprint density at radius 1 is 1.48 bits per heavy atom. The summed E-state index contributed by atoms with van der Waals surface area (Å²) in [6.07, 6.45) is 4.36. The lowest BCUT2D eigenvalue weighted by Gasteiger charge is -2.12. The number of nitrogens with zero attached hydrogens (tertiary/aromatic N) is 3. The van der Waals surface area contributed by atoms with Crippen LogP contribution in [0.5, 0.6) is 0 Å². The maximum atomic E-state index is 11.7. The number of nitrogens with one attached hydrogen (secondary N) is 1. The van der Waals surface area contributed by atoms with Crippen LogP contribution in [0.25, 0.3) is 0 Å². The van der Waals surface area contributed by atoms with E-state index in [1.165, 1.54) is 7.11 Å². The van der Waals surface area contributed by atoms with Gasteiger partial charge in [-0.2, -0.15) is 0 Å². The molecule has 7 nitrogen and oxygen atoms in total. The second kappa shape index (κ2) is 6.74. The van der Waals surface area contributed by atoms with E-state index in [-0.39, 0.29) is 0 Å². The van der Waals surface area contributed by atoms with Crippen LogP contribution in [-0.2, 0) is 11.3 Å². The van der Waals surface area contributed by atoms with E-state index in [4.69, 9.17) is 10.5 Å². The third-order valence-corrected chi connectivity index (χ3v) is 3.16. The summed E-state index contributed by atoms with van der Waals surface area (Å²) >= 11 is 0. The number of benzene rings is 1. The first-order valence-corrected chi connectivity index (χ1v) is 6.68. The molecule has 0 bridgehead atoms. The van der Waals surface area contributed by atoms with Crippen molar-refractivity contribution in [1.82, 2.24) is 15.0 Å². The molecule has 0 aliphatic heterocycles. The lowest BCUT2D eigenvalue weighted by molar-refractivity contribution is 0.0602. The molecule has 0 saturated carbocycles. The number of esters is 1. The summed E-state index contributed by atoms with van der Waals surface area (Å²) in [6.45, 7) is 3.40. The van der Waals surface area contributed by atoms with Gasteiger partial charge in [-0.05, 0) is 31.0 Å². The summed E-state index contributed by atoms with van der Waals surface area (Å²) < 4.78 is 6.51. The van der Waals surface area contributed by atoms with Crippen LogP contribution in [0, 0.1) is 6.92 Å². The number of aryl methyl sites for hydroxylation is 2. The maximum absolute atomic E-state index is 11.7. The molecule has 7 heteroatoms. The van der Waals surface area contributed by atoms with Gasteiger partial charge in [-0.1, -0.05) is 5.21 Å². The minimum absolute atomic E-state index is 0.385. The Bertz CT molecular complexity index is 610. The molecule has 112 valence electrons. The third kappa shape index (κ3) is 3.71. The SMILES string of the molecule is COC(=O)c1cc(NCCCn2ccnn2)cc(C)c1N. The van der Waals surface area contributed by atoms with Gasteiger partial charge >= 0.3 is 5.97 Å². The predicted molar refractivity (Wildman–Crippen MR) is 80.1 cm³/mol. The van der Waals surface area contributed by atoms with E-state index in [0.29, 0.717) is 11.3 Å². The minimum Gasteiger partial charge on any atom is -0.465 e. The molecule has 0 aliphatic rings. The number of nitrogen functional groups attached to an aromatic ring is 1. The summed E-state index contributed by atoms with van der Waals surface area (Å²) in [6, 6.07) is 3.63. The van der Waals surface area contributed by atoms with Crippen molar-refractivity contribution in [3.63, 3.8) is 0 Å². The molecule has 0 fully saturated rings. The topological polar surface area (TPSA) is 95.1 Å². The van der Waals surface area contributed by atoms with Crippen molar-refractivity contribution < 1.29 is 9.53 Å². The number of nitrogens with two attached hydrogens (primary N) is 1. The molecule has 2 rings (SSSR count).